The maximum atomic E-state index is 13.0. The average molecular weight is 569 g/mol. The molecule has 218 valence electrons. The molecule has 0 unspecified atom stereocenters. The lowest BCUT2D eigenvalue weighted by atomic mass is 10.1. The number of rotatable bonds is 8. The van der Waals surface area contributed by atoms with E-state index in [1.165, 1.54) is 5.56 Å². The first-order valence-electron chi connectivity index (χ1n) is 14.2. The van der Waals surface area contributed by atoms with Crippen LogP contribution in [0.1, 0.15) is 47.0 Å². The van der Waals surface area contributed by atoms with Crippen molar-refractivity contribution in [3.8, 4) is 11.4 Å². The van der Waals surface area contributed by atoms with Crippen LogP contribution >= 0.6 is 0 Å². The van der Waals surface area contributed by atoms with Crippen molar-refractivity contribution in [3.63, 3.8) is 0 Å². The van der Waals surface area contributed by atoms with Crippen LogP contribution in [0.15, 0.2) is 54.7 Å². The number of anilines is 3. The molecule has 4 aromatic rings. The number of aryl methyl sites for hydroxylation is 1. The van der Waals surface area contributed by atoms with E-state index < -0.39 is 0 Å². The number of ether oxygens (including phenoxy) is 1. The van der Waals surface area contributed by atoms with Crippen molar-refractivity contribution in [1.29, 1.82) is 0 Å². The SMILES string of the molecule is CC[C@@H]1c2nnc(C)n2-c2cnc(Nc3ccc(C(=O)NN4CCN(C)CC4)cc3OC)nc2N1Cc1ccccc1. The van der Waals surface area contributed by atoms with Crippen LogP contribution in [0.3, 0.4) is 0 Å². The van der Waals surface area contributed by atoms with Crippen molar-refractivity contribution in [2.45, 2.75) is 32.9 Å². The van der Waals surface area contributed by atoms with Crippen LogP contribution in [0, 0.1) is 6.92 Å². The van der Waals surface area contributed by atoms with Crippen molar-refractivity contribution in [3.05, 3.63) is 77.5 Å². The summed E-state index contributed by atoms with van der Waals surface area (Å²) in [5.41, 5.74) is 6.18. The molecule has 2 aliphatic heterocycles. The highest BCUT2D eigenvalue weighted by atomic mass is 16.5. The Balaban J connectivity index is 1.29. The summed E-state index contributed by atoms with van der Waals surface area (Å²) in [5, 5.41) is 14.2. The molecule has 0 saturated carbocycles. The molecule has 0 radical (unpaired) electrons. The maximum absolute atomic E-state index is 13.0. The molecule has 1 saturated heterocycles. The summed E-state index contributed by atoms with van der Waals surface area (Å²) >= 11 is 0. The van der Waals surface area contributed by atoms with Crippen LogP contribution in [0.25, 0.3) is 5.69 Å². The van der Waals surface area contributed by atoms with Crippen LogP contribution < -0.4 is 20.4 Å². The summed E-state index contributed by atoms with van der Waals surface area (Å²) in [6.45, 7) is 8.14. The zero-order valence-corrected chi connectivity index (χ0v) is 24.4. The number of hydrogen-bond donors (Lipinski definition) is 2. The molecule has 1 amide bonds. The first-order valence-corrected chi connectivity index (χ1v) is 14.2. The first-order chi connectivity index (χ1) is 20.4. The maximum Gasteiger partial charge on any atom is 0.265 e. The van der Waals surface area contributed by atoms with Gasteiger partial charge in [-0.25, -0.2) is 9.99 Å². The van der Waals surface area contributed by atoms with E-state index in [9.17, 15) is 4.79 Å². The van der Waals surface area contributed by atoms with Gasteiger partial charge in [0.15, 0.2) is 11.6 Å². The lowest BCUT2D eigenvalue weighted by Gasteiger charge is -2.37. The Hall–Kier alpha value is -4.55. The number of carbonyl (C=O) groups is 1. The highest BCUT2D eigenvalue weighted by molar-refractivity contribution is 5.95. The fourth-order valence-corrected chi connectivity index (χ4v) is 5.53. The van der Waals surface area contributed by atoms with Gasteiger partial charge in [-0.3, -0.25) is 14.8 Å². The molecule has 2 aromatic heterocycles. The first kappa shape index (κ1) is 27.6. The lowest BCUT2D eigenvalue weighted by Crippen LogP contribution is -2.52. The van der Waals surface area contributed by atoms with E-state index in [4.69, 9.17) is 9.72 Å². The Kier molecular flexibility index (Phi) is 7.72. The molecule has 0 spiro atoms. The van der Waals surface area contributed by atoms with Gasteiger partial charge in [0, 0.05) is 38.3 Å². The zero-order valence-electron chi connectivity index (χ0n) is 24.4. The van der Waals surface area contributed by atoms with Crippen molar-refractivity contribution in [1.82, 2.24) is 40.1 Å². The third-order valence-corrected chi connectivity index (χ3v) is 7.84. The molecule has 12 nitrogen and oxygen atoms in total. The molecule has 12 heteroatoms. The van der Waals surface area contributed by atoms with Gasteiger partial charge in [0.1, 0.15) is 17.3 Å². The number of piperazine rings is 1. The standard InChI is InChI=1S/C30H36N10O2/c1-5-24-28-35-34-20(2)40(28)25-18-31-30(33-27(25)39(24)19-21-9-7-6-8-10-21)32-23-12-11-22(17-26(23)42-4)29(41)36-38-15-13-37(3)14-16-38/h6-12,17-18,24H,5,13-16,19H2,1-4H3,(H,36,41)(H,31,32,33)/t24-/m1/s1. The highest BCUT2D eigenvalue weighted by Gasteiger charge is 2.35. The Morgan fingerprint density at radius 2 is 1.86 bits per heavy atom. The van der Waals surface area contributed by atoms with Crippen molar-refractivity contribution >= 4 is 23.4 Å². The van der Waals surface area contributed by atoms with Crippen LogP contribution in [0.5, 0.6) is 5.75 Å². The van der Waals surface area contributed by atoms with E-state index in [0.717, 1.165) is 55.8 Å². The molecular formula is C30H36N10O2. The zero-order chi connectivity index (χ0) is 29.2. The van der Waals surface area contributed by atoms with Crippen molar-refractivity contribution < 1.29 is 9.53 Å². The topological polar surface area (TPSA) is 117 Å². The number of hydrazine groups is 1. The van der Waals surface area contributed by atoms with Crippen molar-refractivity contribution in [2.24, 2.45) is 0 Å². The van der Waals surface area contributed by atoms with Gasteiger partial charge in [0.25, 0.3) is 5.91 Å². The number of nitrogens with one attached hydrogen (secondary N) is 2. The molecule has 1 fully saturated rings. The molecule has 6 rings (SSSR count). The second kappa shape index (κ2) is 11.7. The second-order valence-electron chi connectivity index (χ2n) is 10.7. The van der Waals surface area contributed by atoms with Crippen LogP contribution in [0.2, 0.25) is 0 Å². The Morgan fingerprint density at radius 3 is 2.60 bits per heavy atom. The van der Waals surface area contributed by atoms with E-state index in [2.05, 4.69) is 61.8 Å². The molecule has 1 atom stereocenters. The number of hydrogen-bond acceptors (Lipinski definition) is 10. The van der Waals surface area contributed by atoms with Gasteiger partial charge in [-0.2, -0.15) is 4.98 Å². The van der Waals surface area contributed by atoms with Gasteiger partial charge in [0.05, 0.1) is 25.0 Å². The van der Waals surface area contributed by atoms with Gasteiger partial charge in [-0.15, -0.1) is 10.2 Å². The Bertz CT molecular complexity index is 1570. The summed E-state index contributed by atoms with van der Waals surface area (Å²) in [7, 11) is 3.67. The van der Waals surface area contributed by atoms with E-state index in [1.54, 1.807) is 25.4 Å². The second-order valence-corrected chi connectivity index (χ2v) is 10.7. The van der Waals surface area contributed by atoms with Crippen molar-refractivity contribution in [2.75, 3.05) is 50.6 Å². The predicted octanol–water partition coefficient (Wildman–Crippen LogP) is 3.48. The summed E-state index contributed by atoms with van der Waals surface area (Å²) < 4.78 is 7.71. The molecule has 2 aromatic carbocycles. The minimum Gasteiger partial charge on any atom is -0.495 e. The van der Waals surface area contributed by atoms with Gasteiger partial charge in [-0.05, 0) is 44.2 Å². The largest absolute Gasteiger partial charge is 0.495 e. The van der Waals surface area contributed by atoms with E-state index >= 15 is 0 Å². The van der Waals surface area contributed by atoms with Gasteiger partial charge in [-0.1, -0.05) is 37.3 Å². The minimum absolute atomic E-state index is 0.00529. The van der Waals surface area contributed by atoms with Gasteiger partial charge >= 0.3 is 0 Å². The number of aromatic nitrogens is 5. The fourth-order valence-electron chi connectivity index (χ4n) is 5.53. The number of carbonyl (C=O) groups excluding carboxylic acids is 1. The third-order valence-electron chi connectivity index (χ3n) is 7.84. The Labute approximate surface area is 245 Å². The summed E-state index contributed by atoms with van der Waals surface area (Å²) in [6, 6.07) is 15.7. The quantitative estimate of drug-likeness (QED) is 0.327. The molecule has 4 heterocycles. The average Bonchev–Trinajstić information content (AvgIpc) is 3.40. The van der Waals surface area contributed by atoms with Gasteiger partial charge < -0.3 is 19.9 Å². The van der Waals surface area contributed by atoms with Crippen LogP contribution in [0.4, 0.5) is 17.5 Å². The molecule has 2 aliphatic rings. The van der Waals surface area contributed by atoms with E-state index in [-0.39, 0.29) is 11.9 Å². The predicted molar refractivity (Wildman–Crippen MR) is 160 cm³/mol. The summed E-state index contributed by atoms with van der Waals surface area (Å²) in [5.74, 6) is 3.24. The monoisotopic (exact) mass is 568 g/mol. The van der Waals surface area contributed by atoms with Crippen LogP contribution in [-0.2, 0) is 6.54 Å². The van der Waals surface area contributed by atoms with Gasteiger partial charge in [0.2, 0.25) is 5.95 Å². The number of fused-ring (bicyclic) bond motifs is 3. The number of likely N-dealkylation sites (N-methyl/N-ethyl adjacent to an activating group) is 1. The molecule has 2 N–H and O–H groups in total. The summed E-state index contributed by atoms with van der Waals surface area (Å²) in [4.78, 5) is 27.1. The van der Waals surface area contributed by atoms with Crippen LogP contribution in [-0.4, -0.2) is 80.9 Å². The molecular weight excluding hydrogens is 532 g/mol. The molecule has 0 bridgehead atoms. The molecule has 42 heavy (non-hydrogen) atoms. The van der Waals surface area contributed by atoms with E-state index in [1.807, 2.05) is 40.8 Å². The lowest BCUT2D eigenvalue weighted by molar-refractivity contribution is 0.0662. The number of nitrogens with zero attached hydrogens (tertiary/aromatic N) is 8. The normalized spacial score (nSPS) is 17.0. The highest BCUT2D eigenvalue weighted by Crippen LogP contribution is 2.40. The number of benzene rings is 2. The third kappa shape index (κ3) is 5.38. The summed E-state index contributed by atoms with van der Waals surface area (Å²) in [6.07, 6.45) is 2.64. The van der Waals surface area contributed by atoms with E-state index in [0.29, 0.717) is 29.5 Å². The smallest absolute Gasteiger partial charge is 0.265 e. The number of amides is 1. The number of methoxy groups -OCH3 is 1. The molecule has 0 aliphatic carbocycles. The Morgan fingerprint density at radius 1 is 1.07 bits per heavy atom. The fraction of sp³-hybridized carbons (Fsp3) is 0.367. The minimum atomic E-state index is -0.170.